The number of nitrogens with one attached hydrogen (secondary N) is 2. The van der Waals surface area contributed by atoms with E-state index in [0.717, 1.165) is 54.5 Å². The number of rotatable bonds is 2. The minimum atomic E-state index is 0.121. The van der Waals surface area contributed by atoms with E-state index in [-0.39, 0.29) is 11.9 Å². The van der Waals surface area contributed by atoms with Gasteiger partial charge in [0.1, 0.15) is 0 Å². The summed E-state index contributed by atoms with van der Waals surface area (Å²) in [7, 11) is 0. The molecule has 0 unspecified atom stereocenters. The molecule has 0 bridgehead atoms. The standard InChI is InChI=1S/C19H22N4O/c1-2-14-9-13-10-20-12-22-17(13)7-8-23(14)19(24)16-11-21-18-6-4-3-5-15(16)18/h3-6,11-12,14,21H,2,7-10H2,1H3,(H,20,22)/t14-/m0/s1. The van der Waals surface area contributed by atoms with E-state index in [4.69, 9.17) is 0 Å². The van der Waals surface area contributed by atoms with Crippen molar-refractivity contribution in [3.8, 4) is 0 Å². The average molecular weight is 322 g/mol. The molecule has 4 rings (SSSR count). The summed E-state index contributed by atoms with van der Waals surface area (Å²) in [5, 5.41) is 4.19. The summed E-state index contributed by atoms with van der Waals surface area (Å²) in [4.78, 5) is 23.0. The molecule has 124 valence electrons. The highest BCUT2D eigenvalue weighted by Crippen LogP contribution is 2.29. The number of nitrogens with zero attached hydrogens (tertiary/aromatic N) is 2. The first kappa shape index (κ1) is 15.0. The monoisotopic (exact) mass is 322 g/mol. The number of fused-ring (bicyclic) bond motifs is 1. The minimum absolute atomic E-state index is 0.121. The Bertz CT molecular complexity index is 833. The molecule has 0 saturated heterocycles. The quantitative estimate of drug-likeness (QED) is 0.892. The van der Waals surface area contributed by atoms with E-state index in [0.29, 0.717) is 0 Å². The molecule has 0 aliphatic carbocycles. The fourth-order valence-corrected chi connectivity index (χ4v) is 3.76. The van der Waals surface area contributed by atoms with E-state index in [1.54, 1.807) is 6.34 Å². The molecule has 2 aliphatic heterocycles. The van der Waals surface area contributed by atoms with Crippen LogP contribution in [-0.4, -0.2) is 41.3 Å². The second-order valence-electron chi connectivity index (χ2n) is 6.45. The molecule has 1 amide bonds. The summed E-state index contributed by atoms with van der Waals surface area (Å²) in [6, 6.07) is 8.21. The van der Waals surface area contributed by atoms with Crippen molar-refractivity contribution in [2.45, 2.75) is 32.2 Å². The smallest absolute Gasteiger partial charge is 0.256 e. The average Bonchev–Trinajstić information content (AvgIpc) is 2.96. The summed E-state index contributed by atoms with van der Waals surface area (Å²) in [6.45, 7) is 3.74. The van der Waals surface area contributed by atoms with Gasteiger partial charge in [-0.15, -0.1) is 0 Å². The Morgan fingerprint density at radius 3 is 3.12 bits per heavy atom. The maximum Gasteiger partial charge on any atom is 0.256 e. The SMILES string of the molecule is CC[C@H]1CC2=C(CCN1C(=O)c1c[nH]c3ccccc13)N=CNC2. The van der Waals surface area contributed by atoms with Crippen molar-refractivity contribution < 1.29 is 4.79 Å². The molecule has 1 aromatic heterocycles. The Balaban J connectivity index is 1.65. The molecule has 5 heteroatoms. The van der Waals surface area contributed by atoms with Crippen molar-refractivity contribution in [2.24, 2.45) is 4.99 Å². The number of aliphatic imine (C=N–C) groups is 1. The molecule has 1 aromatic carbocycles. The lowest BCUT2D eigenvalue weighted by molar-refractivity contribution is 0.0683. The fraction of sp³-hybridized carbons (Fsp3) is 0.368. The molecule has 2 N–H and O–H groups in total. The van der Waals surface area contributed by atoms with Crippen LogP contribution in [0.4, 0.5) is 0 Å². The van der Waals surface area contributed by atoms with Gasteiger partial charge in [0.2, 0.25) is 0 Å². The molecule has 24 heavy (non-hydrogen) atoms. The number of amides is 1. The van der Waals surface area contributed by atoms with Gasteiger partial charge in [0, 0.05) is 48.3 Å². The molecule has 1 atom stereocenters. The van der Waals surface area contributed by atoms with Crippen LogP contribution in [0.25, 0.3) is 10.9 Å². The number of benzene rings is 1. The van der Waals surface area contributed by atoms with Gasteiger partial charge in [-0.1, -0.05) is 25.1 Å². The highest BCUT2D eigenvalue weighted by molar-refractivity contribution is 6.06. The maximum atomic E-state index is 13.2. The number of para-hydroxylation sites is 1. The zero-order chi connectivity index (χ0) is 16.5. The van der Waals surface area contributed by atoms with Gasteiger partial charge in [0.25, 0.3) is 5.91 Å². The molecule has 2 aromatic rings. The highest BCUT2D eigenvalue weighted by atomic mass is 16.2. The first-order chi connectivity index (χ1) is 11.8. The van der Waals surface area contributed by atoms with Crippen LogP contribution in [0, 0.1) is 0 Å². The summed E-state index contributed by atoms with van der Waals surface area (Å²) in [5.41, 5.74) is 4.28. The Morgan fingerprint density at radius 1 is 1.38 bits per heavy atom. The first-order valence-corrected chi connectivity index (χ1v) is 8.62. The summed E-state index contributed by atoms with van der Waals surface area (Å²) < 4.78 is 0. The highest BCUT2D eigenvalue weighted by Gasteiger charge is 2.29. The summed E-state index contributed by atoms with van der Waals surface area (Å²) >= 11 is 0. The number of hydrogen-bond donors (Lipinski definition) is 2. The summed E-state index contributed by atoms with van der Waals surface area (Å²) in [6.07, 6.45) is 6.31. The van der Waals surface area contributed by atoms with Crippen molar-refractivity contribution in [1.82, 2.24) is 15.2 Å². The lowest BCUT2D eigenvalue weighted by Crippen LogP contribution is -2.40. The van der Waals surface area contributed by atoms with Gasteiger partial charge >= 0.3 is 0 Å². The number of aromatic amines is 1. The van der Waals surface area contributed by atoms with Crippen molar-refractivity contribution in [3.63, 3.8) is 0 Å². The molecule has 5 nitrogen and oxygen atoms in total. The van der Waals surface area contributed by atoms with Gasteiger partial charge in [0.05, 0.1) is 11.9 Å². The third kappa shape index (κ3) is 2.50. The predicted molar refractivity (Wildman–Crippen MR) is 96.2 cm³/mol. The van der Waals surface area contributed by atoms with Crippen LogP contribution < -0.4 is 5.32 Å². The first-order valence-electron chi connectivity index (χ1n) is 8.62. The Labute approximate surface area is 141 Å². The molecular weight excluding hydrogens is 300 g/mol. The third-order valence-corrected chi connectivity index (χ3v) is 5.10. The topological polar surface area (TPSA) is 60.5 Å². The van der Waals surface area contributed by atoms with Crippen molar-refractivity contribution in [2.75, 3.05) is 13.1 Å². The number of carbonyl (C=O) groups is 1. The van der Waals surface area contributed by atoms with Gasteiger partial charge in [0.15, 0.2) is 0 Å². The molecule has 0 spiro atoms. The maximum absolute atomic E-state index is 13.2. The second kappa shape index (κ2) is 6.15. The van der Waals surface area contributed by atoms with E-state index in [1.807, 2.05) is 35.4 Å². The van der Waals surface area contributed by atoms with Crippen LogP contribution in [0.1, 0.15) is 36.5 Å². The Kier molecular flexibility index (Phi) is 3.84. The van der Waals surface area contributed by atoms with Crippen LogP contribution >= 0.6 is 0 Å². The molecule has 0 saturated carbocycles. The van der Waals surface area contributed by atoms with Crippen molar-refractivity contribution >= 4 is 23.1 Å². The van der Waals surface area contributed by atoms with E-state index in [2.05, 4.69) is 22.2 Å². The van der Waals surface area contributed by atoms with Gasteiger partial charge in [-0.3, -0.25) is 4.79 Å². The van der Waals surface area contributed by atoms with Gasteiger partial charge in [-0.2, -0.15) is 0 Å². The number of H-pyrrole nitrogens is 1. The number of carbonyl (C=O) groups excluding carboxylic acids is 1. The van der Waals surface area contributed by atoms with E-state index in [9.17, 15) is 4.79 Å². The van der Waals surface area contributed by atoms with Crippen molar-refractivity contribution in [3.05, 3.63) is 47.3 Å². The van der Waals surface area contributed by atoms with Crippen LogP contribution in [0.3, 0.4) is 0 Å². The van der Waals surface area contributed by atoms with Crippen LogP contribution in [-0.2, 0) is 0 Å². The van der Waals surface area contributed by atoms with Gasteiger partial charge in [-0.25, -0.2) is 4.99 Å². The zero-order valence-electron chi connectivity index (χ0n) is 13.9. The Hall–Kier alpha value is -2.56. The lowest BCUT2D eigenvalue weighted by atomic mass is 10.0. The normalized spacial score (nSPS) is 20.7. The second-order valence-corrected chi connectivity index (χ2v) is 6.45. The van der Waals surface area contributed by atoms with Gasteiger partial charge in [-0.05, 0) is 24.5 Å². The Morgan fingerprint density at radius 2 is 2.25 bits per heavy atom. The third-order valence-electron chi connectivity index (χ3n) is 5.10. The van der Waals surface area contributed by atoms with Crippen LogP contribution in [0.2, 0.25) is 0 Å². The predicted octanol–water partition coefficient (Wildman–Crippen LogP) is 3.07. The zero-order valence-corrected chi connectivity index (χ0v) is 13.9. The van der Waals surface area contributed by atoms with Crippen molar-refractivity contribution in [1.29, 1.82) is 0 Å². The molecular formula is C19H22N4O. The molecule has 0 fully saturated rings. The molecule has 2 aliphatic rings. The molecule has 3 heterocycles. The van der Waals surface area contributed by atoms with Crippen LogP contribution in [0.5, 0.6) is 0 Å². The number of aromatic nitrogens is 1. The largest absolute Gasteiger partial charge is 0.372 e. The van der Waals surface area contributed by atoms with E-state index < -0.39 is 0 Å². The molecule has 0 radical (unpaired) electrons. The summed E-state index contributed by atoms with van der Waals surface area (Å²) in [5.74, 6) is 0.121. The van der Waals surface area contributed by atoms with Gasteiger partial charge < -0.3 is 15.2 Å². The lowest BCUT2D eigenvalue weighted by Gasteiger charge is -2.29. The minimum Gasteiger partial charge on any atom is -0.372 e. The fourth-order valence-electron chi connectivity index (χ4n) is 3.76. The van der Waals surface area contributed by atoms with E-state index in [1.165, 1.54) is 5.57 Å². The number of hydrogen-bond acceptors (Lipinski definition) is 3. The van der Waals surface area contributed by atoms with E-state index >= 15 is 0 Å². The van der Waals surface area contributed by atoms with Crippen LogP contribution in [0.15, 0.2) is 46.7 Å².